The Labute approximate surface area is 182 Å². The van der Waals surface area contributed by atoms with Gasteiger partial charge in [-0.3, -0.25) is 4.79 Å². The molecule has 0 saturated carbocycles. The number of Topliss-reactive ketones (excluding diaryl/α,β-unsaturated/α-hetero) is 1. The Morgan fingerprint density at radius 1 is 1.23 bits per heavy atom. The third kappa shape index (κ3) is 4.32. The Morgan fingerprint density at radius 2 is 1.94 bits per heavy atom. The van der Waals surface area contributed by atoms with Gasteiger partial charge in [-0.05, 0) is 61.8 Å². The molecule has 2 unspecified atom stereocenters. The number of halogens is 3. The maximum Gasteiger partial charge on any atom is 0.416 e. The maximum absolute atomic E-state index is 13.2. The molecule has 2 aliphatic carbocycles. The average molecular weight is 434 g/mol. The largest absolute Gasteiger partial charge is 0.416 e. The lowest BCUT2D eigenvalue weighted by Gasteiger charge is -2.43. The van der Waals surface area contributed by atoms with Crippen LogP contribution < -0.4 is 0 Å². The van der Waals surface area contributed by atoms with Crippen molar-refractivity contribution < 1.29 is 22.7 Å². The zero-order chi connectivity index (χ0) is 22.4. The van der Waals surface area contributed by atoms with Crippen LogP contribution in [0.1, 0.15) is 50.7 Å². The average Bonchev–Trinajstić information content (AvgIpc) is 3.02. The lowest BCUT2D eigenvalue weighted by atomic mass is 9.83. The normalized spacial score (nSPS) is 27.5. The van der Waals surface area contributed by atoms with E-state index in [1.54, 1.807) is 13.2 Å². The van der Waals surface area contributed by atoms with Gasteiger partial charge in [-0.25, -0.2) is 0 Å². The number of likely N-dealkylation sites (tertiary alicyclic amines) is 1. The van der Waals surface area contributed by atoms with Gasteiger partial charge in [-0.15, -0.1) is 0 Å². The number of benzene rings is 1. The van der Waals surface area contributed by atoms with E-state index in [4.69, 9.17) is 4.74 Å². The first-order valence-electron chi connectivity index (χ1n) is 11.1. The van der Waals surface area contributed by atoms with Crippen molar-refractivity contribution in [3.63, 3.8) is 0 Å². The molecule has 0 aromatic heterocycles. The second kappa shape index (κ2) is 8.12. The van der Waals surface area contributed by atoms with Gasteiger partial charge in [0.25, 0.3) is 0 Å². The zero-order valence-electron chi connectivity index (χ0n) is 18.4. The number of ketones is 1. The van der Waals surface area contributed by atoms with Crippen LogP contribution in [0.5, 0.6) is 0 Å². The Morgan fingerprint density at radius 3 is 2.58 bits per heavy atom. The molecule has 1 fully saturated rings. The van der Waals surface area contributed by atoms with E-state index in [0.29, 0.717) is 30.7 Å². The van der Waals surface area contributed by atoms with Crippen molar-refractivity contribution in [2.45, 2.75) is 57.7 Å². The monoisotopic (exact) mass is 433 g/mol. The molecule has 6 heteroatoms. The van der Waals surface area contributed by atoms with Crippen molar-refractivity contribution in [1.82, 2.24) is 4.90 Å². The van der Waals surface area contributed by atoms with Crippen molar-refractivity contribution in [3.8, 4) is 0 Å². The van der Waals surface area contributed by atoms with Crippen molar-refractivity contribution in [3.05, 3.63) is 58.3 Å². The molecule has 31 heavy (non-hydrogen) atoms. The molecular weight excluding hydrogens is 403 g/mol. The summed E-state index contributed by atoms with van der Waals surface area (Å²) >= 11 is 0. The van der Waals surface area contributed by atoms with Crippen LogP contribution in [0.25, 0.3) is 0 Å². The van der Waals surface area contributed by atoms with Crippen molar-refractivity contribution in [1.29, 1.82) is 0 Å². The molecule has 1 aromatic rings. The van der Waals surface area contributed by atoms with Gasteiger partial charge in [0, 0.05) is 43.8 Å². The van der Waals surface area contributed by atoms with Gasteiger partial charge in [0.05, 0.1) is 5.56 Å². The summed E-state index contributed by atoms with van der Waals surface area (Å²) in [4.78, 5) is 15.6. The topological polar surface area (TPSA) is 29.5 Å². The van der Waals surface area contributed by atoms with Crippen LogP contribution in [0.15, 0.2) is 47.2 Å². The fraction of sp³-hybridized carbons (Fsp3) is 0.560. The smallest absolute Gasteiger partial charge is 0.372 e. The number of carbonyl (C=O) groups is 1. The van der Waals surface area contributed by atoms with Crippen LogP contribution in [0.4, 0.5) is 13.2 Å². The number of hydrogen-bond donors (Lipinski definition) is 0. The molecule has 0 N–H and O–H groups in total. The third-order valence-electron chi connectivity index (χ3n) is 7.20. The van der Waals surface area contributed by atoms with Crippen LogP contribution in [0.2, 0.25) is 0 Å². The number of carbonyl (C=O) groups excluding carboxylic acids is 1. The first kappa shape index (κ1) is 22.1. The highest BCUT2D eigenvalue weighted by molar-refractivity contribution is 6.02. The lowest BCUT2D eigenvalue weighted by Crippen LogP contribution is -2.45. The standard InChI is InChI=1S/C25H30F3NO2/c1-16-7-9-29(10-8-16)22-14-18-13-19(23(30)21(18)15-24(22,2)31-3)11-17-5-4-6-20(12-17)25(26,27)28/h4-6,12,14,16,19H,7-11,13,15H2,1-3H3. The van der Waals surface area contributed by atoms with Gasteiger partial charge in [0.15, 0.2) is 5.78 Å². The summed E-state index contributed by atoms with van der Waals surface area (Å²) < 4.78 is 45.1. The molecule has 1 heterocycles. The van der Waals surface area contributed by atoms with Gasteiger partial charge >= 0.3 is 6.18 Å². The minimum Gasteiger partial charge on any atom is -0.372 e. The molecular formula is C25H30F3NO2. The van der Waals surface area contributed by atoms with Gasteiger partial charge in [-0.1, -0.05) is 25.1 Å². The number of hydrogen-bond acceptors (Lipinski definition) is 3. The number of methoxy groups -OCH3 is 1. The van der Waals surface area contributed by atoms with Crippen LogP contribution in [0.3, 0.4) is 0 Å². The summed E-state index contributed by atoms with van der Waals surface area (Å²) in [6.07, 6.45) is 1.45. The summed E-state index contributed by atoms with van der Waals surface area (Å²) in [7, 11) is 1.69. The van der Waals surface area contributed by atoms with E-state index in [1.807, 2.05) is 6.92 Å². The summed E-state index contributed by atoms with van der Waals surface area (Å²) in [5.74, 6) is 0.457. The van der Waals surface area contributed by atoms with E-state index >= 15 is 0 Å². The Bertz CT molecular complexity index is 925. The molecule has 1 aromatic carbocycles. The first-order chi connectivity index (χ1) is 14.6. The number of ether oxygens (including phenoxy) is 1. The van der Waals surface area contributed by atoms with Crippen LogP contribution in [-0.4, -0.2) is 36.5 Å². The van der Waals surface area contributed by atoms with Gasteiger partial charge in [0.2, 0.25) is 0 Å². The number of alkyl halides is 3. The van der Waals surface area contributed by atoms with Crippen LogP contribution >= 0.6 is 0 Å². The molecule has 0 bridgehead atoms. The highest BCUT2D eigenvalue weighted by Gasteiger charge is 2.44. The Kier molecular flexibility index (Phi) is 5.80. The van der Waals surface area contributed by atoms with Gasteiger partial charge in [-0.2, -0.15) is 13.2 Å². The molecule has 2 atom stereocenters. The summed E-state index contributed by atoms with van der Waals surface area (Å²) in [5, 5.41) is 0. The third-order valence-corrected chi connectivity index (χ3v) is 7.20. The predicted octanol–water partition coefficient (Wildman–Crippen LogP) is 5.56. The molecule has 1 aliphatic heterocycles. The SMILES string of the molecule is COC1(C)CC2=C(C=C1N1CCC(C)CC1)CC(Cc1cccc(C(F)(F)F)c1)C2=O. The van der Waals surface area contributed by atoms with Crippen LogP contribution in [0, 0.1) is 11.8 Å². The van der Waals surface area contributed by atoms with Crippen LogP contribution in [-0.2, 0) is 22.1 Å². The Hall–Kier alpha value is -2.08. The van der Waals surface area contributed by atoms with Crippen molar-refractivity contribution >= 4 is 5.78 Å². The van der Waals surface area contributed by atoms with E-state index in [9.17, 15) is 18.0 Å². The number of rotatable bonds is 4. The summed E-state index contributed by atoms with van der Waals surface area (Å²) in [6, 6.07) is 5.33. The lowest BCUT2D eigenvalue weighted by molar-refractivity contribution is -0.137. The van der Waals surface area contributed by atoms with E-state index in [-0.39, 0.29) is 11.7 Å². The molecule has 3 aliphatic rings. The van der Waals surface area contributed by atoms with E-state index in [0.717, 1.165) is 48.8 Å². The van der Waals surface area contributed by atoms with Crippen molar-refractivity contribution in [2.75, 3.05) is 20.2 Å². The molecule has 0 amide bonds. The second-order valence-electron chi connectivity index (χ2n) is 9.48. The van der Waals surface area contributed by atoms with E-state index in [2.05, 4.69) is 17.9 Å². The molecule has 168 valence electrons. The summed E-state index contributed by atoms with van der Waals surface area (Å²) in [6.45, 7) is 6.27. The highest BCUT2D eigenvalue weighted by Crippen LogP contribution is 2.45. The first-order valence-corrected chi connectivity index (χ1v) is 11.1. The molecule has 4 rings (SSSR count). The quantitative estimate of drug-likeness (QED) is 0.623. The van der Waals surface area contributed by atoms with E-state index < -0.39 is 17.3 Å². The van der Waals surface area contributed by atoms with Crippen molar-refractivity contribution in [2.24, 2.45) is 11.8 Å². The van der Waals surface area contributed by atoms with Gasteiger partial charge < -0.3 is 9.64 Å². The molecule has 0 radical (unpaired) electrons. The van der Waals surface area contributed by atoms with E-state index in [1.165, 1.54) is 12.1 Å². The fourth-order valence-corrected chi connectivity index (χ4v) is 5.15. The highest BCUT2D eigenvalue weighted by atomic mass is 19.4. The summed E-state index contributed by atoms with van der Waals surface area (Å²) in [5.41, 5.74) is 2.28. The van der Waals surface area contributed by atoms with Gasteiger partial charge in [0.1, 0.15) is 5.60 Å². The molecule has 3 nitrogen and oxygen atoms in total. The minimum atomic E-state index is -4.38. The molecule has 1 saturated heterocycles. The fourth-order valence-electron chi connectivity index (χ4n) is 5.15. The maximum atomic E-state index is 13.2. The Balaban J connectivity index is 1.55. The minimum absolute atomic E-state index is 0.0539. The molecule has 0 spiro atoms. The number of allylic oxidation sites excluding steroid dienone is 2. The number of nitrogens with zero attached hydrogens (tertiary/aromatic N) is 1. The zero-order valence-corrected chi connectivity index (χ0v) is 18.4. The number of piperidine rings is 1. The predicted molar refractivity (Wildman–Crippen MR) is 113 cm³/mol. The second-order valence-corrected chi connectivity index (χ2v) is 9.48.